The summed E-state index contributed by atoms with van der Waals surface area (Å²) in [6.45, 7) is 2.21. The molecule has 0 fully saturated rings. The first kappa shape index (κ1) is 16.2. The molecule has 0 unspecified atom stereocenters. The Balaban J connectivity index is 2.26. The molecule has 0 aliphatic rings. The molecule has 0 bridgehead atoms. The Bertz CT molecular complexity index is 429. The lowest BCUT2D eigenvalue weighted by molar-refractivity contribution is -0.141. The molecule has 1 amide bonds. The number of hydrogen-bond donors (Lipinski definition) is 1. The summed E-state index contributed by atoms with van der Waals surface area (Å²) in [7, 11) is 1.33. The van der Waals surface area contributed by atoms with Gasteiger partial charge in [-0.05, 0) is 6.42 Å². The van der Waals surface area contributed by atoms with E-state index in [2.05, 4.69) is 22.1 Å². The van der Waals surface area contributed by atoms with Gasteiger partial charge in [0, 0.05) is 12.6 Å². The summed E-state index contributed by atoms with van der Waals surface area (Å²) in [4.78, 5) is 22.8. The van der Waals surface area contributed by atoms with E-state index in [0.29, 0.717) is 12.1 Å². The van der Waals surface area contributed by atoms with Crippen molar-refractivity contribution in [1.29, 1.82) is 0 Å². The minimum atomic E-state index is -0.373. The van der Waals surface area contributed by atoms with Crippen molar-refractivity contribution < 1.29 is 14.3 Å². The van der Waals surface area contributed by atoms with Crippen molar-refractivity contribution in [3.8, 4) is 0 Å². The van der Waals surface area contributed by atoms with Crippen LogP contribution >= 0.6 is 0 Å². The highest BCUT2D eigenvalue weighted by Crippen LogP contribution is 2.09. The van der Waals surface area contributed by atoms with Crippen LogP contribution < -0.4 is 5.32 Å². The lowest BCUT2D eigenvalue weighted by Crippen LogP contribution is -2.12. The average molecular weight is 281 g/mol. The number of unbranched alkanes of at least 4 members (excludes halogenated alkanes) is 4. The number of amides is 1. The molecule has 112 valence electrons. The summed E-state index contributed by atoms with van der Waals surface area (Å²) in [6, 6.07) is 0. The van der Waals surface area contributed by atoms with Crippen LogP contribution in [0.25, 0.3) is 0 Å². The molecular weight excluding hydrogens is 258 g/mol. The number of nitrogens with zero attached hydrogens (tertiary/aromatic N) is 2. The van der Waals surface area contributed by atoms with Gasteiger partial charge in [0.2, 0.25) is 5.91 Å². The summed E-state index contributed by atoms with van der Waals surface area (Å²) in [5, 5.41) is 6.75. The van der Waals surface area contributed by atoms with Crippen LogP contribution in [-0.2, 0) is 20.9 Å². The van der Waals surface area contributed by atoms with Crippen LogP contribution in [-0.4, -0.2) is 28.8 Å². The van der Waals surface area contributed by atoms with Crippen LogP contribution in [0.2, 0.25) is 0 Å². The number of esters is 1. The van der Waals surface area contributed by atoms with E-state index in [1.165, 1.54) is 37.3 Å². The lowest BCUT2D eigenvalue weighted by Gasteiger charge is -2.02. The molecule has 1 heterocycles. The van der Waals surface area contributed by atoms with Crippen molar-refractivity contribution in [2.45, 2.75) is 52.0 Å². The van der Waals surface area contributed by atoms with Crippen LogP contribution in [0.5, 0.6) is 0 Å². The zero-order valence-corrected chi connectivity index (χ0v) is 12.2. The van der Waals surface area contributed by atoms with Gasteiger partial charge in [-0.15, -0.1) is 0 Å². The number of methoxy groups -OCH3 is 1. The Morgan fingerprint density at radius 3 is 2.75 bits per heavy atom. The monoisotopic (exact) mass is 281 g/mol. The Morgan fingerprint density at radius 1 is 1.30 bits per heavy atom. The van der Waals surface area contributed by atoms with E-state index in [0.717, 1.165) is 12.8 Å². The molecule has 0 aliphatic heterocycles. The van der Waals surface area contributed by atoms with Gasteiger partial charge in [-0.25, -0.2) is 0 Å². The molecule has 0 saturated heterocycles. The fourth-order valence-electron chi connectivity index (χ4n) is 1.82. The second-order valence-corrected chi connectivity index (χ2v) is 4.72. The van der Waals surface area contributed by atoms with Gasteiger partial charge < -0.3 is 10.1 Å². The van der Waals surface area contributed by atoms with Crippen molar-refractivity contribution in [3.05, 3.63) is 12.4 Å². The average Bonchev–Trinajstić information content (AvgIpc) is 2.85. The highest BCUT2D eigenvalue weighted by molar-refractivity contribution is 5.90. The SMILES string of the molecule is CCCCCCCC(=O)Nc1cnn(CC(=O)OC)c1. The van der Waals surface area contributed by atoms with E-state index >= 15 is 0 Å². The molecule has 1 N–H and O–H groups in total. The number of ether oxygens (including phenoxy) is 1. The standard InChI is InChI=1S/C14H23N3O3/c1-3-4-5-6-7-8-13(18)16-12-9-15-17(10-12)11-14(19)20-2/h9-10H,3-8,11H2,1-2H3,(H,16,18). The van der Waals surface area contributed by atoms with Crippen LogP contribution in [0.4, 0.5) is 5.69 Å². The maximum absolute atomic E-state index is 11.7. The second-order valence-electron chi connectivity index (χ2n) is 4.72. The van der Waals surface area contributed by atoms with E-state index in [9.17, 15) is 9.59 Å². The summed E-state index contributed by atoms with van der Waals surface area (Å²) in [6.07, 6.45) is 9.26. The third kappa shape index (κ3) is 6.36. The molecule has 1 aromatic rings. The molecule has 0 spiro atoms. The number of hydrogen-bond acceptors (Lipinski definition) is 4. The van der Waals surface area contributed by atoms with Crippen molar-refractivity contribution in [3.63, 3.8) is 0 Å². The van der Waals surface area contributed by atoms with E-state index in [-0.39, 0.29) is 18.4 Å². The number of carbonyl (C=O) groups is 2. The fourth-order valence-corrected chi connectivity index (χ4v) is 1.82. The van der Waals surface area contributed by atoms with Crippen molar-refractivity contribution in [2.24, 2.45) is 0 Å². The molecule has 20 heavy (non-hydrogen) atoms. The zero-order chi connectivity index (χ0) is 14.8. The van der Waals surface area contributed by atoms with E-state index in [1.807, 2.05) is 0 Å². The van der Waals surface area contributed by atoms with Crippen molar-refractivity contribution in [1.82, 2.24) is 9.78 Å². The first-order chi connectivity index (χ1) is 9.65. The summed E-state index contributed by atoms with van der Waals surface area (Å²) in [5.74, 6) is -0.388. The summed E-state index contributed by atoms with van der Waals surface area (Å²) < 4.78 is 5.98. The molecule has 6 heteroatoms. The number of rotatable bonds is 9. The minimum Gasteiger partial charge on any atom is -0.468 e. The van der Waals surface area contributed by atoms with Crippen LogP contribution in [0.3, 0.4) is 0 Å². The molecule has 6 nitrogen and oxygen atoms in total. The fraction of sp³-hybridized carbons (Fsp3) is 0.643. The number of aromatic nitrogens is 2. The first-order valence-electron chi connectivity index (χ1n) is 7.04. The molecule has 1 aromatic heterocycles. The van der Waals surface area contributed by atoms with Gasteiger partial charge in [0.05, 0.1) is 19.0 Å². The van der Waals surface area contributed by atoms with E-state index < -0.39 is 0 Å². The molecule has 0 aromatic carbocycles. The van der Waals surface area contributed by atoms with E-state index in [1.54, 1.807) is 6.20 Å². The summed E-state index contributed by atoms with van der Waals surface area (Å²) in [5.41, 5.74) is 0.604. The molecule has 0 atom stereocenters. The normalized spacial score (nSPS) is 10.3. The van der Waals surface area contributed by atoms with Crippen molar-refractivity contribution in [2.75, 3.05) is 12.4 Å². The Morgan fingerprint density at radius 2 is 2.05 bits per heavy atom. The Hall–Kier alpha value is -1.85. The molecular formula is C14H23N3O3. The predicted octanol–water partition coefficient (Wildman–Crippen LogP) is 2.36. The van der Waals surface area contributed by atoms with Gasteiger partial charge in [-0.1, -0.05) is 32.6 Å². The van der Waals surface area contributed by atoms with Crippen LogP contribution in [0, 0.1) is 0 Å². The largest absolute Gasteiger partial charge is 0.468 e. The number of anilines is 1. The highest BCUT2D eigenvalue weighted by Gasteiger charge is 2.07. The van der Waals surface area contributed by atoms with Crippen molar-refractivity contribution >= 4 is 17.6 Å². The molecule has 0 radical (unpaired) electrons. The third-order valence-corrected chi connectivity index (χ3v) is 2.94. The van der Waals surface area contributed by atoms with Gasteiger partial charge in [-0.3, -0.25) is 14.3 Å². The van der Waals surface area contributed by atoms with Gasteiger partial charge >= 0.3 is 5.97 Å². The number of carbonyl (C=O) groups excluding carboxylic acids is 2. The maximum atomic E-state index is 11.7. The quantitative estimate of drug-likeness (QED) is 0.557. The second kappa shape index (κ2) is 9.12. The number of nitrogens with one attached hydrogen (secondary N) is 1. The van der Waals surface area contributed by atoms with Gasteiger partial charge in [0.15, 0.2) is 0 Å². The zero-order valence-electron chi connectivity index (χ0n) is 12.2. The van der Waals surface area contributed by atoms with Crippen LogP contribution in [0.15, 0.2) is 12.4 Å². The topological polar surface area (TPSA) is 73.2 Å². The van der Waals surface area contributed by atoms with Gasteiger partial charge in [-0.2, -0.15) is 5.10 Å². The Labute approximate surface area is 119 Å². The molecule has 0 aliphatic carbocycles. The van der Waals surface area contributed by atoms with Gasteiger partial charge in [0.25, 0.3) is 0 Å². The first-order valence-corrected chi connectivity index (χ1v) is 7.04. The third-order valence-electron chi connectivity index (χ3n) is 2.94. The predicted molar refractivity (Wildman–Crippen MR) is 76.2 cm³/mol. The smallest absolute Gasteiger partial charge is 0.327 e. The van der Waals surface area contributed by atoms with E-state index in [4.69, 9.17) is 0 Å². The van der Waals surface area contributed by atoms with Crippen LogP contribution in [0.1, 0.15) is 45.4 Å². The highest BCUT2D eigenvalue weighted by atomic mass is 16.5. The summed E-state index contributed by atoms with van der Waals surface area (Å²) >= 11 is 0. The maximum Gasteiger partial charge on any atom is 0.327 e. The molecule has 0 saturated carbocycles. The lowest BCUT2D eigenvalue weighted by atomic mass is 10.1. The molecule has 1 rings (SSSR count). The minimum absolute atomic E-state index is 0.0147. The Kier molecular flexibility index (Phi) is 7.39. The van der Waals surface area contributed by atoms with Gasteiger partial charge in [0.1, 0.15) is 6.54 Å².